The van der Waals surface area contributed by atoms with E-state index in [0.717, 1.165) is 35.2 Å². The van der Waals surface area contributed by atoms with Crippen LogP contribution in [0.2, 0.25) is 0 Å². The molecule has 0 bridgehead atoms. The first-order valence-corrected chi connectivity index (χ1v) is 9.57. The molecule has 5 rings (SSSR count). The number of amides is 1. The first kappa shape index (κ1) is 17.7. The van der Waals surface area contributed by atoms with Crippen LogP contribution in [-0.2, 0) is 16.8 Å². The van der Waals surface area contributed by atoms with Gasteiger partial charge in [0.05, 0.1) is 17.7 Å². The minimum Gasteiger partial charge on any atom is -0.454 e. The average molecular weight is 388 g/mol. The second kappa shape index (κ2) is 6.90. The topological polar surface area (TPSA) is 80.7 Å². The number of carbonyl (C=O) groups excluding carboxylic acids is 1. The molecule has 0 radical (unpaired) electrons. The zero-order valence-electron chi connectivity index (χ0n) is 15.7. The zero-order valence-corrected chi connectivity index (χ0v) is 15.7. The van der Waals surface area contributed by atoms with Gasteiger partial charge in [0.1, 0.15) is 5.82 Å². The fourth-order valence-electron chi connectivity index (χ4n) is 3.70. The van der Waals surface area contributed by atoms with Crippen molar-refractivity contribution in [2.45, 2.75) is 24.9 Å². The van der Waals surface area contributed by atoms with Crippen LogP contribution in [0.1, 0.15) is 24.0 Å². The maximum absolute atomic E-state index is 13.1. The van der Waals surface area contributed by atoms with E-state index in [4.69, 9.17) is 9.47 Å². The molecule has 0 atom stereocenters. The summed E-state index contributed by atoms with van der Waals surface area (Å²) in [5.41, 5.74) is 2.84. The lowest BCUT2D eigenvalue weighted by atomic mass is 9.94. The standard InChI is InChI=1S/C23H20N2O4/c26-13-15-3-1-4-16(11-15)18-5-2-6-21(24-18)25-22(27)23(9-10-23)17-7-8-19-20(12-17)29-14-28-19/h1-8,11-12,26H,9-10,13-14H2,(H,24,25,27). The van der Waals surface area contributed by atoms with E-state index in [-0.39, 0.29) is 19.3 Å². The molecular weight excluding hydrogens is 368 g/mol. The Morgan fingerprint density at radius 1 is 1.03 bits per heavy atom. The Hall–Kier alpha value is -3.38. The lowest BCUT2D eigenvalue weighted by Gasteiger charge is -2.16. The summed E-state index contributed by atoms with van der Waals surface area (Å²) in [6.45, 7) is 0.189. The largest absolute Gasteiger partial charge is 0.454 e. The van der Waals surface area contributed by atoms with Crippen molar-refractivity contribution in [3.05, 3.63) is 71.8 Å². The smallest absolute Gasteiger partial charge is 0.236 e. The van der Waals surface area contributed by atoms with E-state index in [1.807, 2.05) is 54.6 Å². The first-order valence-electron chi connectivity index (χ1n) is 9.57. The van der Waals surface area contributed by atoms with Gasteiger partial charge in [-0.1, -0.05) is 30.3 Å². The number of aromatic nitrogens is 1. The van der Waals surface area contributed by atoms with Crippen molar-refractivity contribution < 1.29 is 19.4 Å². The predicted octanol–water partition coefficient (Wildman–Crippen LogP) is 3.64. The number of aliphatic hydroxyl groups excluding tert-OH is 1. The molecule has 2 aromatic carbocycles. The van der Waals surface area contributed by atoms with Gasteiger partial charge in [-0.3, -0.25) is 4.79 Å². The number of nitrogens with zero attached hydrogens (tertiary/aromatic N) is 1. The highest BCUT2D eigenvalue weighted by Gasteiger charge is 2.51. The Morgan fingerprint density at radius 2 is 1.86 bits per heavy atom. The maximum Gasteiger partial charge on any atom is 0.236 e. The SMILES string of the molecule is O=C(Nc1cccc(-c2cccc(CO)c2)n1)C1(c2ccc3c(c2)OCO3)CC1. The first-order chi connectivity index (χ1) is 14.2. The molecule has 1 aliphatic carbocycles. The molecule has 29 heavy (non-hydrogen) atoms. The fourth-order valence-corrected chi connectivity index (χ4v) is 3.70. The maximum atomic E-state index is 13.1. The van der Waals surface area contributed by atoms with Crippen LogP contribution in [0.5, 0.6) is 11.5 Å². The summed E-state index contributed by atoms with van der Waals surface area (Å²) in [6, 6.07) is 18.8. The molecule has 1 saturated carbocycles. The van der Waals surface area contributed by atoms with Crippen molar-refractivity contribution >= 4 is 11.7 Å². The number of benzene rings is 2. The molecule has 2 heterocycles. The molecule has 0 unspecified atom stereocenters. The normalized spacial score (nSPS) is 15.8. The van der Waals surface area contributed by atoms with E-state index >= 15 is 0 Å². The molecule has 1 amide bonds. The van der Waals surface area contributed by atoms with Crippen molar-refractivity contribution in [2.24, 2.45) is 0 Å². The highest BCUT2D eigenvalue weighted by atomic mass is 16.7. The minimum atomic E-state index is -0.546. The third kappa shape index (κ3) is 3.21. The summed E-state index contributed by atoms with van der Waals surface area (Å²) in [6.07, 6.45) is 1.58. The second-order valence-corrected chi connectivity index (χ2v) is 7.37. The van der Waals surface area contributed by atoms with Crippen LogP contribution in [0.3, 0.4) is 0 Å². The van der Waals surface area contributed by atoms with E-state index in [1.54, 1.807) is 6.07 Å². The molecular formula is C23H20N2O4. The van der Waals surface area contributed by atoms with Gasteiger partial charge in [0.15, 0.2) is 11.5 Å². The Balaban J connectivity index is 1.38. The van der Waals surface area contributed by atoms with Gasteiger partial charge in [-0.25, -0.2) is 4.98 Å². The van der Waals surface area contributed by atoms with Gasteiger partial charge in [0, 0.05) is 5.56 Å². The third-order valence-electron chi connectivity index (χ3n) is 5.51. The van der Waals surface area contributed by atoms with E-state index in [0.29, 0.717) is 17.3 Å². The van der Waals surface area contributed by atoms with Crippen LogP contribution < -0.4 is 14.8 Å². The van der Waals surface area contributed by atoms with Crippen LogP contribution in [0.15, 0.2) is 60.7 Å². The summed E-state index contributed by atoms with van der Waals surface area (Å²) in [5.74, 6) is 1.84. The van der Waals surface area contributed by atoms with Gasteiger partial charge < -0.3 is 19.9 Å². The van der Waals surface area contributed by atoms with Crippen molar-refractivity contribution in [1.82, 2.24) is 4.98 Å². The van der Waals surface area contributed by atoms with Crippen LogP contribution in [-0.4, -0.2) is 22.8 Å². The third-order valence-corrected chi connectivity index (χ3v) is 5.51. The zero-order chi connectivity index (χ0) is 19.8. The molecule has 3 aromatic rings. The molecule has 0 saturated heterocycles. The molecule has 6 heteroatoms. The summed E-state index contributed by atoms with van der Waals surface area (Å²) in [4.78, 5) is 17.7. The fraction of sp³-hybridized carbons (Fsp3) is 0.217. The molecule has 1 aliphatic heterocycles. The van der Waals surface area contributed by atoms with Gasteiger partial charge in [0.25, 0.3) is 0 Å². The summed E-state index contributed by atoms with van der Waals surface area (Å²) < 4.78 is 10.8. The number of anilines is 1. The van der Waals surface area contributed by atoms with Crippen LogP contribution in [0.4, 0.5) is 5.82 Å². The predicted molar refractivity (Wildman–Crippen MR) is 108 cm³/mol. The van der Waals surface area contributed by atoms with E-state index < -0.39 is 5.41 Å². The monoisotopic (exact) mass is 388 g/mol. The van der Waals surface area contributed by atoms with Crippen LogP contribution in [0.25, 0.3) is 11.3 Å². The lowest BCUT2D eigenvalue weighted by molar-refractivity contribution is -0.118. The lowest BCUT2D eigenvalue weighted by Crippen LogP contribution is -2.28. The van der Waals surface area contributed by atoms with E-state index in [2.05, 4.69) is 10.3 Å². The van der Waals surface area contributed by atoms with E-state index in [1.165, 1.54) is 0 Å². The summed E-state index contributed by atoms with van der Waals surface area (Å²) in [5, 5.41) is 12.3. The van der Waals surface area contributed by atoms with Crippen molar-refractivity contribution in [3.63, 3.8) is 0 Å². The van der Waals surface area contributed by atoms with Crippen molar-refractivity contribution in [2.75, 3.05) is 12.1 Å². The number of pyridine rings is 1. The Morgan fingerprint density at radius 3 is 2.69 bits per heavy atom. The van der Waals surface area contributed by atoms with Gasteiger partial charge in [0.2, 0.25) is 12.7 Å². The summed E-state index contributed by atoms with van der Waals surface area (Å²) in [7, 11) is 0. The molecule has 1 aromatic heterocycles. The average Bonchev–Trinajstić information content (AvgIpc) is 3.45. The van der Waals surface area contributed by atoms with Gasteiger partial charge >= 0.3 is 0 Å². The molecule has 2 N–H and O–H groups in total. The molecule has 0 spiro atoms. The second-order valence-electron chi connectivity index (χ2n) is 7.37. The molecule has 6 nitrogen and oxygen atoms in total. The minimum absolute atomic E-state index is 0.0255. The quantitative estimate of drug-likeness (QED) is 0.698. The number of rotatable bonds is 5. The van der Waals surface area contributed by atoms with Gasteiger partial charge in [-0.2, -0.15) is 0 Å². The van der Waals surface area contributed by atoms with Gasteiger partial charge in [-0.05, 0) is 54.3 Å². The van der Waals surface area contributed by atoms with Crippen molar-refractivity contribution in [1.29, 1.82) is 0 Å². The van der Waals surface area contributed by atoms with Crippen LogP contribution >= 0.6 is 0 Å². The number of fused-ring (bicyclic) bond motifs is 1. The Labute approximate surface area is 168 Å². The molecule has 1 fully saturated rings. The van der Waals surface area contributed by atoms with E-state index in [9.17, 15) is 9.90 Å². The Bertz CT molecular complexity index is 1090. The number of aliphatic hydroxyl groups is 1. The van der Waals surface area contributed by atoms with Gasteiger partial charge in [-0.15, -0.1) is 0 Å². The number of ether oxygens (including phenoxy) is 2. The highest BCUT2D eigenvalue weighted by Crippen LogP contribution is 2.51. The van der Waals surface area contributed by atoms with Crippen molar-refractivity contribution in [3.8, 4) is 22.8 Å². The Kier molecular flexibility index (Phi) is 4.21. The number of nitrogens with one attached hydrogen (secondary N) is 1. The summed E-state index contributed by atoms with van der Waals surface area (Å²) >= 11 is 0. The number of carbonyl (C=O) groups is 1. The van der Waals surface area contributed by atoms with Crippen LogP contribution in [0, 0.1) is 0 Å². The molecule has 2 aliphatic rings. The molecule has 146 valence electrons. The number of hydrogen-bond donors (Lipinski definition) is 2. The highest BCUT2D eigenvalue weighted by molar-refractivity contribution is 6.01. The number of hydrogen-bond acceptors (Lipinski definition) is 5.